The third-order valence-corrected chi connectivity index (χ3v) is 5.83. The highest BCUT2D eigenvalue weighted by Gasteiger charge is 2.46. The third kappa shape index (κ3) is 1.62. The second-order valence-electron chi connectivity index (χ2n) is 4.94. The van der Waals surface area contributed by atoms with Crippen molar-refractivity contribution in [3.63, 3.8) is 0 Å². The van der Waals surface area contributed by atoms with E-state index in [0.717, 1.165) is 11.7 Å². The lowest BCUT2D eigenvalue weighted by molar-refractivity contribution is 0.224. The van der Waals surface area contributed by atoms with Crippen molar-refractivity contribution in [2.24, 2.45) is 23.3 Å². The number of rotatable bonds is 0. The Kier molecular flexibility index (Phi) is 2.37. The van der Waals surface area contributed by atoms with Gasteiger partial charge in [0.2, 0.25) is 0 Å². The first-order valence-corrected chi connectivity index (χ1v) is 6.18. The lowest BCUT2D eigenvalue weighted by Gasteiger charge is -2.50. The van der Waals surface area contributed by atoms with Gasteiger partial charge in [0.15, 0.2) is 0 Å². The van der Waals surface area contributed by atoms with Crippen molar-refractivity contribution in [2.75, 3.05) is 0 Å². The highest BCUT2D eigenvalue weighted by molar-refractivity contribution is 8.00. The average molecular weight is 200 g/mol. The van der Waals surface area contributed by atoms with Crippen LogP contribution < -0.4 is 11.5 Å². The Morgan fingerprint density at radius 2 is 1.85 bits per heavy atom. The van der Waals surface area contributed by atoms with Crippen LogP contribution in [-0.4, -0.2) is 16.2 Å². The molecule has 2 bridgehead atoms. The van der Waals surface area contributed by atoms with Gasteiger partial charge in [0.25, 0.3) is 0 Å². The van der Waals surface area contributed by atoms with Crippen molar-refractivity contribution < 1.29 is 0 Å². The Morgan fingerprint density at radius 3 is 2.54 bits per heavy atom. The molecular weight excluding hydrogens is 180 g/mol. The molecule has 4 atom stereocenters. The molecule has 2 heterocycles. The molecule has 0 aromatic rings. The summed E-state index contributed by atoms with van der Waals surface area (Å²) in [6.07, 6.45) is 3.67. The van der Waals surface area contributed by atoms with Gasteiger partial charge in [-0.15, -0.1) is 0 Å². The Hall–Kier alpha value is 0.270. The van der Waals surface area contributed by atoms with Crippen molar-refractivity contribution >= 4 is 11.8 Å². The molecule has 3 heteroatoms. The van der Waals surface area contributed by atoms with E-state index in [9.17, 15) is 0 Å². The Bertz CT molecular complexity index is 205. The first-order valence-electron chi connectivity index (χ1n) is 5.24. The molecule has 0 aliphatic carbocycles. The van der Waals surface area contributed by atoms with E-state index < -0.39 is 5.66 Å². The molecule has 0 aromatic heterocycles. The summed E-state index contributed by atoms with van der Waals surface area (Å²) in [5.41, 5.74) is 11.9. The van der Waals surface area contributed by atoms with Crippen LogP contribution in [0.15, 0.2) is 0 Å². The van der Waals surface area contributed by atoms with Crippen LogP contribution >= 0.6 is 11.8 Å². The van der Waals surface area contributed by atoms with E-state index in [1.165, 1.54) is 12.8 Å². The van der Waals surface area contributed by atoms with E-state index in [1.54, 1.807) is 0 Å². The normalized spacial score (nSPS) is 48.9. The molecule has 13 heavy (non-hydrogen) atoms. The predicted molar refractivity (Wildman–Crippen MR) is 58.5 cm³/mol. The zero-order valence-electron chi connectivity index (χ0n) is 8.49. The maximum absolute atomic E-state index is 6.17. The summed E-state index contributed by atoms with van der Waals surface area (Å²) in [5, 5.41) is 1.31. The van der Waals surface area contributed by atoms with E-state index in [-0.39, 0.29) is 0 Å². The molecule has 2 saturated heterocycles. The van der Waals surface area contributed by atoms with Crippen molar-refractivity contribution in [3.05, 3.63) is 0 Å². The first-order chi connectivity index (χ1) is 6.00. The summed E-state index contributed by atoms with van der Waals surface area (Å²) in [7, 11) is 0. The highest BCUT2D eigenvalue weighted by Crippen LogP contribution is 2.48. The lowest BCUT2D eigenvalue weighted by Crippen LogP contribution is -2.64. The van der Waals surface area contributed by atoms with Crippen LogP contribution in [-0.2, 0) is 0 Å². The number of thioether (sulfide) groups is 1. The number of hydrogen-bond acceptors (Lipinski definition) is 3. The minimum absolute atomic E-state index is 0.416. The molecule has 0 aromatic carbocycles. The summed E-state index contributed by atoms with van der Waals surface area (Å²) >= 11 is 2.05. The topological polar surface area (TPSA) is 52.0 Å². The lowest BCUT2D eigenvalue weighted by atomic mass is 9.80. The largest absolute Gasteiger partial charge is 0.313 e. The van der Waals surface area contributed by atoms with Crippen LogP contribution in [0, 0.1) is 11.8 Å². The van der Waals surface area contributed by atoms with Gasteiger partial charge in [-0.3, -0.25) is 0 Å². The van der Waals surface area contributed by atoms with Crippen LogP contribution in [0.3, 0.4) is 0 Å². The van der Waals surface area contributed by atoms with Crippen LogP contribution in [0.5, 0.6) is 0 Å². The zero-order chi connectivity index (χ0) is 9.64. The fourth-order valence-electron chi connectivity index (χ4n) is 2.85. The maximum atomic E-state index is 6.17. The molecule has 0 amide bonds. The van der Waals surface area contributed by atoms with Crippen molar-refractivity contribution in [1.82, 2.24) is 0 Å². The summed E-state index contributed by atoms with van der Waals surface area (Å²) in [5.74, 6) is 1.40. The minimum Gasteiger partial charge on any atom is -0.313 e. The monoisotopic (exact) mass is 200 g/mol. The molecule has 4 N–H and O–H groups in total. The number of fused-ring (bicyclic) bond motifs is 2. The molecule has 4 unspecified atom stereocenters. The molecule has 76 valence electrons. The summed E-state index contributed by atoms with van der Waals surface area (Å²) < 4.78 is 0. The van der Waals surface area contributed by atoms with Gasteiger partial charge in [0.1, 0.15) is 0 Å². The van der Waals surface area contributed by atoms with Crippen LogP contribution in [0.2, 0.25) is 0 Å². The first kappa shape index (κ1) is 9.81. The van der Waals surface area contributed by atoms with Crippen molar-refractivity contribution in [2.45, 2.75) is 49.3 Å². The van der Waals surface area contributed by atoms with Crippen LogP contribution in [0.4, 0.5) is 0 Å². The molecule has 2 nitrogen and oxygen atoms in total. The molecule has 2 aliphatic rings. The van der Waals surface area contributed by atoms with Gasteiger partial charge in [0, 0.05) is 10.5 Å². The predicted octanol–water partition coefficient (Wildman–Crippen LogP) is 1.54. The average Bonchev–Trinajstić information content (AvgIpc) is 2.02. The minimum atomic E-state index is -0.416. The SMILES string of the molecule is CC1CC(N)(N)C2SC1CCC2C. The smallest absolute Gasteiger partial charge is 0.0764 e. The van der Waals surface area contributed by atoms with Gasteiger partial charge in [-0.05, 0) is 31.1 Å². The van der Waals surface area contributed by atoms with Gasteiger partial charge in [-0.25, -0.2) is 0 Å². The van der Waals surface area contributed by atoms with Crippen molar-refractivity contribution in [3.8, 4) is 0 Å². The molecular formula is C10H20N2S. The molecule has 2 rings (SSSR count). The number of hydrogen-bond donors (Lipinski definition) is 2. The molecule has 2 fully saturated rings. The fraction of sp³-hybridized carbons (Fsp3) is 1.00. The van der Waals surface area contributed by atoms with E-state index in [4.69, 9.17) is 11.5 Å². The van der Waals surface area contributed by atoms with E-state index in [0.29, 0.717) is 17.1 Å². The summed E-state index contributed by atoms with van der Waals surface area (Å²) in [6.45, 7) is 4.58. The Morgan fingerprint density at radius 1 is 1.15 bits per heavy atom. The van der Waals surface area contributed by atoms with E-state index in [1.807, 2.05) is 11.8 Å². The molecule has 0 radical (unpaired) electrons. The van der Waals surface area contributed by atoms with Crippen LogP contribution in [0.25, 0.3) is 0 Å². The quantitative estimate of drug-likeness (QED) is 0.583. The molecule has 2 aliphatic heterocycles. The molecule has 0 saturated carbocycles. The van der Waals surface area contributed by atoms with Gasteiger partial charge < -0.3 is 11.5 Å². The summed E-state index contributed by atoms with van der Waals surface area (Å²) in [4.78, 5) is 0. The summed E-state index contributed by atoms with van der Waals surface area (Å²) in [6, 6.07) is 0. The standard InChI is InChI=1S/C10H20N2S/c1-6-3-4-8-7(2)5-10(11,12)9(6)13-8/h6-9H,3-5,11-12H2,1-2H3. The fourth-order valence-corrected chi connectivity index (χ4v) is 4.62. The number of nitrogens with two attached hydrogens (primary N) is 2. The molecule has 0 spiro atoms. The van der Waals surface area contributed by atoms with Crippen molar-refractivity contribution in [1.29, 1.82) is 0 Å². The third-order valence-electron chi connectivity index (χ3n) is 3.58. The maximum Gasteiger partial charge on any atom is 0.0764 e. The van der Waals surface area contributed by atoms with Gasteiger partial charge in [0.05, 0.1) is 5.66 Å². The van der Waals surface area contributed by atoms with Gasteiger partial charge in [-0.1, -0.05) is 13.8 Å². The second-order valence-corrected chi connectivity index (χ2v) is 6.33. The van der Waals surface area contributed by atoms with E-state index >= 15 is 0 Å². The Balaban J connectivity index is 2.18. The second kappa shape index (κ2) is 3.14. The zero-order valence-corrected chi connectivity index (χ0v) is 9.31. The van der Waals surface area contributed by atoms with Gasteiger partial charge >= 0.3 is 0 Å². The highest BCUT2D eigenvalue weighted by atomic mass is 32.2. The Labute approximate surface area is 84.8 Å². The van der Waals surface area contributed by atoms with Gasteiger partial charge in [-0.2, -0.15) is 11.8 Å². The van der Waals surface area contributed by atoms with Crippen LogP contribution in [0.1, 0.15) is 33.1 Å². The van der Waals surface area contributed by atoms with E-state index in [2.05, 4.69) is 13.8 Å².